The van der Waals surface area contributed by atoms with Gasteiger partial charge in [-0.05, 0) is 48.8 Å². The predicted octanol–water partition coefficient (Wildman–Crippen LogP) is 3.26. The Labute approximate surface area is 139 Å². The normalized spacial score (nSPS) is 11.8. The Kier molecular flexibility index (Phi) is 7.60. The third-order valence-corrected chi connectivity index (χ3v) is 3.17. The minimum Gasteiger partial charge on any atom is -0.378 e. The fraction of sp³-hybridized carbons (Fsp3) is 0.412. The van der Waals surface area contributed by atoms with Crippen LogP contribution in [-0.4, -0.2) is 31.5 Å². The van der Waals surface area contributed by atoms with Crippen LogP contribution in [0.4, 0.5) is 5.69 Å². The topological polar surface area (TPSA) is 39.7 Å². The van der Waals surface area contributed by atoms with E-state index in [1.165, 1.54) is 5.69 Å². The van der Waals surface area contributed by atoms with Gasteiger partial charge >= 0.3 is 0 Å². The summed E-state index contributed by atoms with van der Waals surface area (Å²) in [6.07, 6.45) is 3.99. The molecular weight excluding hydrogens is 292 g/mol. The van der Waals surface area contributed by atoms with Gasteiger partial charge in [0.05, 0.1) is 5.71 Å². The first-order valence-electron chi connectivity index (χ1n) is 7.42. The first-order chi connectivity index (χ1) is 10.4. The fourth-order valence-corrected chi connectivity index (χ4v) is 1.74. The lowest BCUT2D eigenvalue weighted by molar-refractivity contribution is 0.621. The Hall–Kier alpha value is -1.88. The summed E-state index contributed by atoms with van der Waals surface area (Å²) < 4.78 is 0. The smallest absolute Gasteiger partial charge is 0.186 e. The van der Waals surface area contributed by atoms with Crippen molar-refractivity contribution < 1.29 is 0 Å². The van der Waals surface area contributed by atoms with Crippen molar-refractivity contribution >= 4 is 34.8 Å². The van der Waals surface area contributed by atoms with E-state index in [1.54, 1.807) is 0 Å². The molecule has 0 aliphatic carbocycles. The average Bonchev–Trinajstić information content (AvgIpc) is 2.49. The second-order valence-corrected chi connectivity index (χ2v) is 6.20. The lowest BCUT2D eigenvalue weighted by Gasteiger charge is -2.11. The van der Waals surface area contributed by atoms with Crippen LogP contribution in [0, 0.1) is 5.92 Å². The molecule has 4 nitrogen and oxygen atoms in total. The van der Waals surface area contributed by atoms with Crippen molar-refractivity contribution in [1.29, 1.82) is 0 Å². The number of rotatable bonds is 6. The third-order valence-electron chi connectivity index (χ3n) is 2.93. The number of anilines is 1. The van der Waals surface area contributed by atoms with Crippen molar-refractivity contribution in [1.82, 2.24) is 10.7 Å². The van der Waals surface area contributed by atoms with Crippen LogP contribution in [-0.2, 0) is 0 Å². The summed E-state index contributed by atoms with van der Waals surface area (Å²) in [6.45, 7) is 7.04. The fourth-order valence-electron chi connectivity index (χ4n) is 1.61. The largest absolute Gasteiger partial charge is 0.378 e. The summed E-state index contributed by atoms with van der Waals surface area (Å²) in [5.41, 5.74) is 6.04. The summed E-state index contributed by atoms with van der Waals surface area (Å²) in [5, 5.41) is 7.90. The SMILES string of the molecule is CC(/C=C\c1ccc(N(C)C)cc1)=N/NC(=S)NCC(C)C. The van der Waals surface area contributed by atoms with Crippen molar-refractivity contribution in [2.75, 3.05) is 25.5 Å². The zero-order valence-electron chi connectivity index (χ0n) is 14.1. The maximum atomic E-state index is 5.15. The number of hydrogen-bond donors (Lipinski definition) is 2. The highest BCUT2D eigenvalue weighted by Crippen LogP contribution is 2.13. The standard InChI is InChI=1S/C17H26N4S/c1-13(2)12-18-17(22)20-19-14(3)6-7-15-8-10-16(11-9-15)21(4)5/h6-11,13H,12H2,1-5H3,(H2,18,20,22)/b7-6-,19-14-. The molecule has 0 radical (unpaired) electrons. The number of nitrogens with zero attached hydrogens (tertiary/aromatic N) is 2. The van der Waals surface area contributed by atoms with Gasteiger partial charge in [-0.15, -0.1) is 0 Å². The van der Waals surface area contributed by atoms with Crippen LogP contribution in [0.1, 0.15) is 26.3 Å². The molecule has 1 aromatic carbocycles. The van der Waals surface area contributed by atoms with E-state index in [1.807, 2.05) is 33.2 Å². The van der Waals surface area contributed by atoms with Crippen LogP contribution in [0.25, 0.3) is 6.08 Å². The Morgan fingerprint density at radius 3 is 2.45 bits per heavy atom. The maximum absolute atomic E-state index is 5.15. The van der Waals surface area contributed by atoms with Gasteiger partial charge in [0, 0.05) is 26.3 Å². The van der Waals surface area contributed by atoms with Crippen LogP contribution >= 0.6 is 12.2 Å². The third kappa shape index (κ3) is 7.22. The highest BCUT2D eigenvalue weighted by Gasteiger charge is 1.96. The lowest BCUT2D eigenvalue weighted by Crippen LogP contribution is -2.34. The number of allylic oxidation sites excluding steroid dienone is 1. The van der Waals surface area contributed by atoms with Crippen LogP contribution in [0.2, 0.25) is 0 Å². The van der Waals surface area contributed by atoms with Gasteiger partial charge in [-0.2, -0.15) is 5.10 Å². The van der Waals surface area contributed by atoms with Gasteiger partial charge in [0.1, 0.15) is 0 Å². The molecule has 0 unspecified atom stereocenters. The first-order valence-corrected chi connectivity index (χ1v) is 7.83. The summed E-state index contributed by atoms with van der Waals surface area (Å²) in [7, 11) is 4.06. The van der Waals surface area contributed by atoms with Crippen molar-refractivity contribution in [2.24, 2.45) is 11.0 Å². The van der Waals surface area contributed by atoms with Gasteiger partial charge in [0.15, 0.2) is 5.11 Å². The van der Waals surface area contributed by atoms with Crippen LogP contribution in [0.15, 0.2) is 35.4 Å². The number of thiocarbonyl (C=S) groups is 1. The molecule has 0 atom stereocenters. The van der Waals surface area contributed by atoms with Gasteiger partial charge < -0.3 is 10.2 Å². The number of hydrazone groups is 1. The number of nitrogens with one attached hydrogen (secondary N) is 2. The molecule has 2 N–H and O–H groups in total. The molecule has 0 heterocycles. The molecule has 0 aliphatic rings. The van der Waals surface area contributed by atoms with Gasteiger partial charge in [0.25, 0.3) is 0 Å². The predicted molar refractivity (Wildman–Crippen MR) is 101 cm³/mol. The molecule has 0 aliphatic heterocycles. The zero-order chi connectivity index (χ0) is 16.5. The lowest BCUT2D eigenvalue weighted by atomic mass is 10.2. The zero-order valence-corrected chi connectivity index (χ0v) is 14.9. The molecule has 22 heavy (non-hydrogen) atoms. The van der Waals surface area contributed by atoms with E-state index in [9.17, 15) is 0 Å². The molecule has 0 saturated carbocycles. The first kappa shape index (κ1) is 18.2. The van der Waals surface area contributed by atoms with Gasteiger partial charge in [-0.3, -0.25) is 5.43 Å². The molecule has 0 saturated heterocycles. The quantitative estimate of drug-likeness (QED) is 0.480. The molecular formula is C17H26N4S. The number of benzene rings is 1. The van der Waals surface area contributed by atoms with E-state index in [0.29, 0.717) is 11.0 Å². The summed E-state index contributed by atoms with van der Waals surface area (Å²) in [5.74, 6) is 0.551. The minimum absolute atomic E-state index is 0.551. The van der Waals surface area contributed by atoms with Gasteiger partial charge in [-0.1, -0.05) is 32.1 Å². The molecule has 0 spiro atoms. The van der Waals surface area contributed by atoms with E-state index >= 15 is 0 Å². The van der Waals surface area contributed by atoms with Crippen LogP contribution in [0.3, 0.4) is 0 Å². The van der Waals surface area contributed by atoms with E-state index in [2.05, 4.69) is 58.9 Å². The molecule has 0 amide bonds. The average molecular weight is 318 g/mol. The summed E-state index contributed by atoms with van der Waals surface area (Å²) >= 11 is 5.15. The maximum Gasteiger partial charge on any atom is 0.186 e. The Balaban J connectivity index is 2.50. The van der Waals surface area contributed by atoms with Crippen molar-refractivity contribution in [3.8, 4) is 0 Å². The molecule has 0 bridgehead atoms. The highest BCUT2D eigenvalue weighted by molar-refractivity contribution is 7.80. The highest BCUT2D eigenvalue weighted by atomic mass is 32.1. The van der Waals surface area contributed by atoms with E-state index < -0.39 is 0 Å². The number of hydrogen-bond acceptors (Lipinski definition) is 3. The molecule has 0 fully saturated rings. The Morgan fingerprint density at radius 2 is 1.91 bits per heavy atom. The summed E-state index contributed by atoms with van der Waals surface area (Å²) in [6, 6.07) is 8.35. The molecule has 5 heteroatoms. The van der Waals surface area contributed by atoms with Crippen LogP contribution < -0.4 is 15.6 Å². The van der Waals surface area contributed by atoms with Crippen molar-refractivity contribution in [3.63, 3.8) is 0 Å². The molecule has 1 aromatic rings. The van der Waals surface area contributed by atoms with Gasteiger partial charge in [0.2, 0.25) is 0 Å². The van der Waals surface area contributed by atoms with Crippen LogP contribution in [0.5, 0.6) is 0 Å². The van der Waals surface area contributed by atoms with E-state index in [-0.39, 0.29) is 0 Å². The van der Waals surface area contributed by atoms with E-state index in [0.717, 1.165) is 17.8 Å². The minimum atomic E-state index is 0.551. The monoisotopic (exact) mass is 318 g/mol. The molecule has 0 aromatic heterocycles. The molecule has 120 valence electrons. The van der Waals surface area contributed by atoms with Crippen molar-refractivity contribution in [2.45, 2.75) is 20.8 Å². The second-order valence-electron chi connectivity index (χ2n) is 5.79. The second kappa shape index (κ2) is 9.20. The van der Waals surface area contributed by atoms with Crippen molar-refractivity contribution in [3.05, 3.63) is 35.9 Å². The molecule has 1 rings (SSSR count). The van der Waals surface area contributed by atoms with E-state index in [4.69, 9.17) is 12.2 Å². The summed E-state index contributed by atoms with van der Waals surface area (Å²) in [4.78, 5) is 2.08. The Morgan fingerprint density at radius 1 is 1.27 bits per heavy atom. The van der Waals surface area contributed by atoms with Gasteiger partial charge in [-0.25, -0.2) is 0 Å². The Bertz CT molecular complexity index is 530.